The van der Waals surface area contributed by atoms with Crippen LogP contribution in [0.25, 0.3) is 5.52 Å². The predicted octanol–water partition coefficient (Wildman–Crippen LogP) is 2.15. The highest BCUT2D eigenvalue weighted by Gasteiger charge is 2.02. The first-order valence-corrected chi connectivity index (χ1v) is 4.10. The van der Waals surface area contributed by atoms with Gasteiger partial charge in [-0.05, 0) is 22.0 Å². The molecule has 56 valence electrons. The summed E-state index contributed by atoms with van der Waals surface area (Å²) < 4.78 is 2.36. The average molecular weight is 232 g/mol. The minimum Gasteiger partial charge on any atom is -0.244 e. The lowest BCUT2D eigenvalue weighted by Gasteiger charge is -1.96. The number of halogens is 2. The van der Waals surface area contributed by atoms with Gasteiger partial charge >= 0.3 is 0 Å². The van der Waals surface area contributed by atoms with Gasteiger partial charge in [0.15, 0.2) is 0 Å². The van der Waals surface area contributed by atoms with Gasteiger partial charge in [-0.3, -0.25) is 0 Å². The van der Waals surface area contributed by atoms with Crippen molar-refractivity contribution in [3.63, 3.8) is 0 Å². The lowest BCUT2D eigenvalue weighted by atomic mass is 10.5. The van der Waals surface area contributed by atoms with E-state index in [0.717, 1.165) is 10.1 Å². The fraction of sp³-hybridized carbons (Fsp3) is 0. The van der Waals surface area contributed by atoms with Crippen LogP contribution >= 0.6 is 27.5 Å². The molecule has 2 heterocycles. The van der Waals surface area contributed by atoms with Crippen LogP contribution in [0.3, 0.4) is 0 Å². The standard InChI is InChI=1S/C6H3BrClN3/c7-6-4-1-2-10-11(4)5(8)3-9-6/h1-3H. The van der Waals surface area contributed by atoms with Crippen LogP contribution in [-0.2, 0) is 0 Å². The zero-order valence-electron chi connectivity index (χ0n) is 5.33. The van der Waals surface area contributed by atoms with Crippen molar-refractivity contribution in [2.75, 3.05) is 0 Å². The number of rotatable bonds is 0. The van der Waals surface area contributed by atoms with Crippen molar-refractivity contribution in [1.29, 1.82) is 0 Å². The fourth-order valence-electron chi connectivity index (χ4n) is 0.861. The Morgan fingerprint density at radius 3 is 3.09 bits per heavy atom. The highest BCUT2D eigenvalue weighted by atomic mass is 79.9. The Kier molecular flexibility index (Phi) is 1.58. The van der Waals surface area contributed by atoms with E-state index in [1.54, 1.807) is 16.9 Å². The quantitative estimate of drug-likeness (QED) is 0.697. The largest absolute Gasteiger partial charge is 0.244 e. The molecule has 0 aliphatic carbocycles. The van der Waals surface area contributed by atoms with E-state index in [4.69, 9.17) is 11.6 Å². The molecule has 2 aromatic heterocycles. The van der Waals surface area contributed by atoms with Crippen LogP contribution in [0, 0.1) is 0 Å². The van der Waals surface area contributed by atoms with Crippen LogP contribution in [0.15, 0.2) is 23.1 Å². The summed E-state index contributed by atoms with van der Waals surface area (Å²) in [7, 11) is 0. The number of hydrogen-bond acceptors (Lipinski definition) is 2. The highest BCUT2D eigenvalue weighted by molar-refractivity contribution is 9.10. The second-order valence-corrected chi connectivity index (χ2v) is 3.14. The van der Waals surface area contributed by atoms with E-state index in [0.29, 0.717) is 5.15 Å². The van der Waals surface area contributed by atoms with Gasteiger partial charge < -0.3 is 0 Å². The van der Waals surface area contributed by atoms with Crippen molar-refractivity contribution in [1.82, 2.24) is 14.6 Å². The van der Waals surface area contributed by atoms with E-state index in [1.165, 1.54) is 0 Å². The maximum atomic E-state index is 5.79. The summed E-state index contributed by atoms with van der Waals surface area (Å²) in [4.78, 5) is 4.00. The molecule has 0 aromatic carbocycles. The molecular formula is C6H3BrClN3. The Bertz CT molecular complexity index is 362. The smallest absolute Gasteiger partial charge is 0.149 e. The molecule has 11 heavy (non-hydrogen) atoms. The lowest BCUT2D eigenvalue weighted by molar-refractivity contribution is 0.941. The van der Waals surface area contributed by atoms with Crippen molar-refractivity contribution in [2.24, 2.45) is 0 Å². The molecule has 0 atom stereocenters. The van der Waals surface area contributed by atoms with Gasteiger partial charge in [0.1, 0.15) is 15.3 Å². The zero-order valence-corrected chi connectivity index (χ0v) is 7.67. The molecule has 0 radical (unpaired) electrons. The molecule has 2 aromatic rings. The van der Waals surface area contributed by atoms with Gasteiger partial charge in [0.05, 0.1) is 12.4 Å². The Hall–Kier alpha value is -0.610. The molecule has 0 fully saturated rings. The first kappa shape index (κ1) is 7.06. The van der Waals surface area contributed by atoms with Crippen molar-refractivity contribution in [3.05, 3.63) is 28.2 Å². The van der Waals surface area contributed by atoms with E-state index in [9.17, 15) is 0 Å². The topological polar surface area (TPSA) is 30.2 Å². The summed E-state index contributed by atoms with van der Waals surface area (Å²) in [6.45, 7) is 0. The molecule has 0 amide bonds. The Morgan fingerprint density at radius 1 is 1.55 bits per heavy atom. The van der Waals surface area contributed by atoms with E-state index in [1.807, 2.05) is 6.07 Å². The second kappa shape index (κ2) is 2.46. The van der Waals surface area contributed by atoms with Crippen LogP contribution in [0.4, 0.5) is 0 Å². The molecule has 0 saturated carbocycles. The van der Waals surface area contributed by atoms with E-state index >= 15 is 0 Å². The monoisotopic (exact) mass is 231 g/mol. The van der Waals surface area contributed by atoms with Crippen LogP contribution in [0.5, 0.6) is 0 Å². The summed E-state index contributed by atoms with van der Waals surface area (Å²) in [5.41, 5.74) is 0.873. The maximum Gasteiger partial charge on any atom is 0.149 e. The Morgan fingerprint density at radius 2 is 2.36 bits per heavy atom. The minimum atomic E-state index is 0.508. The van der Waals surface area contributed by atoms with Gasteiger partial charge in [-0.25, -0.2) is 9.50 Å². The molecule has 2 rings (SSSR count). The van der Waals surface area contributed by atoms with E-state index < -0.39 is 0 Å². The van der Waals surface area contributed by atoms with Crippen molar-refractivity contribution in [3.8, 4) is 0 Å². The number of hydrogen-bond donors (Lipinski definition) is 0. The summed E-state index contributed by atoms with van der Waals surface area (Å²) in [5, 5.41) is 4.50. The third-order valence-corrected chi connectivity index (χ3v) is 2.21. The fourth-order valence-corrected chi connectivity index (χ4v) is 1.45. The molecule has 0 bridgehead atoms. The van der Waals surface area contributed by atoms with E-state index in [2.05, 4.69) is 26.0 Å². The number of fused-ring (bicyclic) bond motifs is 1. The van der Waals surface area contributed by atoms with Crippen LogP contribution < -0.4 is 0 Å². The average Bonchev–Trinajstić information content (AvgIpc) is 2.45. The second-order valence-electron chi connectivity index (χ2n) is 2.00. The van der Waals surface area contributed by atoms with Gasteiger partial charge in [-0.15, -0.1) is 0 Å². The molecule has 0 spiro atoms. The van der Waals surface area contributed by atoms with Gasteiger partial charge in [-0.1, -0.05) is 11.6 Å². The van der Waals surface area contributed by atoms with Gasteiger partial charge in [0.2, 0.25) is 0 Å². The highest BCUT2D eigenvalue weighted by Crippen LogP contribution is 2.17. The molecule has 0 aliphatic heterocycles. The van der Waals surface area contributed by atoms with Crippen molar-refractivity contribution in [2.45, 2.75) is 0 Å². The molecule has 0 N–H and O–H groups in total. The lowest BCUT2D eigenvalue weighted by Crippen LogP contribution is -1.90. The maximum absolute atomic E-state index is 5.79. The van der Waals surface area contributed by atoms with Crippen LogP contribution in [-0.4, -0.2) is 14.6 Å². The van der Waals surface area contributed by atoms with Crippen LogP contribution in [0.1, 0.15) is 0 Å². The van der Waals surface area contributed by atoms with Crippen molar-refractivity contribution < 1.29 is 0 Å². The third kappa shape index (κ3) is 1.02. The molecular weight excluding hydrogens is 229 g/mol. The summed E-state index contributed by atoms with van der Waals surface area (Å²) in [5.74, 6) is 0. The normalized spacial score (nSPS) is 10.7. The predicted molar refractivity (Wildman–Crippen MR) is 45.7 cm³/mol. The van der Waals surface area contributed by atoms with Gasteiger partial charge in [-0.2, -0.15) is 5.10 Å². The summed E-state index contributed by atoms with van der Waals surface area (Å²) in [6, 6.07) is 1.84. The van der Waals surface area contributed by atoms with E-state index in [-0.39, 0.29) is 0 Å². The zero-order chi connectivity index (χ0) is 7.84. The Labute approximate surface area is 76.1 Å². The van der Waals surface area contributed by atoms with Gasteiger partial charge in [0.25, 0.3) is 0 Å². The number of aromatic nitrogens is 3. The van der Waals surface area contributed by atoms with Crippen LogP contribution in [0.2, 0.25) is 5.15 Å². The summed E-state index contributed by atoms with van der Waals surface area (Å²) >= 11 is 9.07. The molecule has 0 unspecified atom stereocenters. The van der Waals surface area contributed by atoms with Crippen molar-refractivity contribution >= 4 is 33.0 Å². The summed E-state index contributed by atoms with van der Waals surface area (Å²) in [6.07, 6.45) is 3.22. The SMILES string of the molecule is Clc1cnc(Br)c2ccnn12. The molecule has 0 aliphatic rings. The molecule has 3 nitrogen and oxygen atoms in total. The first-order chi connectivity index (χ1) is 5.29. The number of nitrogens with zero attached hydrogens (tertiary/aromatic N) is 3. The molecule has 0 saturated heterocycles. The third-order valence-electron chi connectivity index (χ3n) is 1.34. The first-order valence-electron chi connectivity index (χ1n) is 2.93. The van der Waals surface area contributed by atoms with Gasteiger partial charge in [0, 0.05) is 0 Å². The molecule has 5 heteroatoms. The minimum absolute atomic E-state index is 0.508. The Balaban J connectivity index is 2.96.